The van der Waals surface area contributed by atoms with Crippen molar-refractivity contribution in [3.05, 3.63) is 63.6 Å². The molecule has 0 bridgehead atoms. The van der Waals surface area contributed by atoms with Crippen LogP contribution in [0.2, 0.25) is 0 Å². The van der Waals surface area contributed by atoms with Gasteiger partial charge >= 0.3 is 0 Å². The minimum absolute atomic E-state index is 0.0689. The molecule has 0 heterocycles. The third kappa shape index (κ3) is 2.82. The summed E-state index contributed by atoms with van der Waals surface area (Å²) in [5.41, 5.74) is -1.09. The zero-order chi connectivity index (χ0) is 14.9. The largest absolute Gasteiger partial charge is 0.317 e. The van der Waals surface area contributed by atoms with Crippen molar-refractivity contribution in [1.29, 1.82) is 0 Å². The van der Waals surface area contributed by atoms with E-state index in [0.717, 1.165) is 0 Å². The van der Waals surface area contributed by atoms with Gasteiger partial charge in [0.05, 0.1) is 0 Å². The molecule has 0 aliphatic carbocycles. The van der Waals surface area contributed by atoms with Crippen molar-refractivity contribution in [2.45, 2.75) is 0 Å². The van der Waals surface area contributed by atoms with Gasteiger partial charge in [0, 0.05) is 16.1 Å². The summed E-state index contributed by atoms with van der Waals surface area (Å²) in [6, 6.07) is 6.00. The molecule has 7 heteroatoms. The molecular weight excluding hydrogens is 342 g/mol. The van der Waals surface area contributed by atoms with Gasteiger partial charge in [-0.3, -0.25) is 4.79 Å². The van der Waals surface area contributed by atoms with Crippen molar-refractivity contribution in [1.82, 2.24) is 0 Å². The van der Waals surface area contributed by atoms with E-state index in [1.54, 1.807) is 6.07 Å². The highest BCUT2D eigenvalue weighted by Crippen LogP contribution is 2.25. The van der Waals surface area contributed by atoms with E-state index in [2.05, 4.69) is 15.9 Å². The van der Waals surface area contributed by atoms with E-state index in [-0.39, 0.29) is 11.6 Å². The number of carbonyl (C=O) groups is 1. The van der Waals surface area contributed by atoms with Crippen LogP contribution in [-0.2, 0) is 0 Å². The second-order valence-electron chi connectivity index (χ2n) is 3.81. The Kier molecular flexibility index (Phi) is 4.08. The zero-order valence-corrected chi connectivity index (χ0v) is 11.3. The highest BCUT2D eigenvalue weighted by molar-refractivity contribution is 9.10. The van der Waals surface area contributed by atoms with Gasteiger partial charge in [0.1, 0.15) is 5.69 Å². The van der Waals surface area contributed by atoms with E-state index in [1.807, 2.05) is 5.32 Å². The van der Waals surface area contributed by atoms with E-state index < -0.39 is 34.9 Å². The quantitative estimate of drug-likeness (QED) is 0.638. The standard InChI is InChI=1S/C13H6BrF4NO/c14-7-3-1-2-6(4-7)13(20)19-12-10(17)8(15)5-9(16)11(12)18/h1-5H,(H,19,20). The number of halogens is 5. The molecule has 0 unspecified atom stereocenters. The fourth-order valence-corrected chi connectivity index (χ4v) is 1.90. The Morgan fingerprint density at radius 1 is 1.00 bits per heavy atom. The van der Waals surface area contributed by atoms with Crippen molar-refractivity contribution in [2.75, 3.05) is 5.32 Å². The zero-order valence-electron chi connectivity index (χ0n) is 9.68. The lowest BCUT2D eigenvalue weighted by molar-refractivity contribution is 0.102. The molecule has 0 spiro atoms. The highest BCUT2D eigenvalue weighted by atomic mass is 79.9. The van der Waals surface area contributed by atoms with Crippen LogP contribution in [0, 0.1) is 23.3 Å². The van der Waals surface area contributed by atoms with Crippen molar-refractivity contribution >= 4 is 27.5 Å². The minimum atomic E-state index is -1.66. The van der Waals surface area contributed by atoms with Crippen LogP contribution in [0.4, 0.5) is 23.2 Å². The molecule has 2 aromatic carbocycles. The number of rotatable bonds is 2. The number of hydrogen-bond donors (Lipinski definition) is 1. The van der Waals surface area contributed by atoms with Crippen molar-refractivity contribution in [2.24, 2.45) is 0 Å². The fraction of sp³-hybridized carbons (Fsp3) is 0. The molecule has 2 aromatic rings. The van der Waals surface area contributed by atoms with Crippen LogP contribution in [0.3, 0.4) is 0 Å². The van der Waals surface area contributed by atoms with Crippen LogP contribution >= 0.6 is 15.9 Å². The second kappa shape index (κ2) is 5.62. The monoisotopic (exact) mass is 347 g/mol. The molecular formula is C13H6BrF4NO. The van der Waals surface area contributed by atoms with Crippen LogP contribution in [0.5, 0.6) is 0 Å². The SMILES string of the molecule is O=C(Nc1c(F)c(F)cc(F)c1F)c1cccc(Br)c1. The van der Waals surface area contributed by atoms with E-state index >= 15 is 0 Å². The predicted molar refractivity (Wildman–Crippen MR) is 68.4 cm³/mol. The molecule has 2 nitrogen and oxygen atoms in total. The van der Waals surface area contributed by atoms with Crippen LogP contribution in [-0.4, -0.2) is 5.91 Å². The molecule has 20 heavy (non-hydrogen) atoms. The van der Waals surface area contributed by atoms with Crippen LogP contribution in [0.25, 0.3) is 0 Å². The summed E-state index contributed by atoms with van der Waals surface area (Å²) >= 11 is 3.12. The van der Waals surface area contributed by atoms with Crippen molar-refractivity contribution < 1.29 is 22.4 Å². The summed E-state index contributed by atoms with van der Waals surface area (Å²) in [4.78, 5) is 11.8. The maximum atomic E-state index is 13.4. The van der Waals surface area contributed by atoms with Crippen LogP contribution < -0.4 is 5.32 Å². The topological polar surface area (TPSA) is 29.1 Å². The molecule has 1 N–H and O–H groups in total. The average molecular weight is 348 g/mol. The number of hydrogen-bond acceptors (Lipinski definition) is 1. The Morgan fingerprint density at radius 3 is 2.15 bits per heavy atom. The van der Waals surface area contributed by atoms with Gasteiger partial charge in [-0.2, -0.15) is 0 Å². The maximum Gasteiger partial charge on any atom is 0.255 e. The number of anilines is 1. The van der Waals surface area contributed by atoms with E-state index in [0.29, 0.717) is 4.47 Å². The summed E-state index contributed by atoms with van der Waals surface area (Å²) < 4.78 is 53.3. The average Bonchev–Trinajstić information content (AvgIpc) is 2.41. The Balaban J connectivity index is 2.38. The molecule has 0 radical (unpaired) electrons. The lowest BCUT2D eigenvalue weighted by Crippen LogP contribution is -2.15. The van der Waals surface area contributed by atoms with Crippen LogP contribution in [0.1, 0.15) is 10.4 Å². The van der Waals surface area contributed by atoms with Gasteiger partial charge in [0.2, 0.25) is 0 Å². The lowest BCUT2D eigenvalue weighted by atomic mass is 10.2. The maximum absolute atomic E-state index is 13.4. The van der Waals surface area contributed by atoms with Gasteiger partial charge in [-0.1, -0.05) is 22.0 Å². The molecule has 104 valence electrons. The lowest BCUT2D eigenvalue weighted by Gasteiger charge is -2.09. The molecule has 0 aliphatic heterocycles. The molecule has 0 saturated heterocycles. The summed E-state index contributed by atoms with van der Waals surface area (Å²) in [5.74, 6) is -7.39. The van der Waals surface area contributed by atoms with Crippen LogP contribution in [0.15, 0.2) is 34.8 Å². The first-order chi connectivity index (χ1) is 9.40. The number of nitrogens with one attached hydrogen (secondary N) is 1. The molecule has 0 aromatic heterocycles. The van der Waals surface area contributed by atoms with E-state index in [9.17, 15) is 22.4 Å². The third-order valence-corrected chi connectivity index (χ3v) is 2.93. The summed E-state index contributed by atoms with van der Waals surface area (Å²) in [5, 5.41) is 1.81. The second-order valence-corrected chi connectivity index (χ2v) is 4.72. The summed E-state index contributed by atoms with van der Waals surface area (Å²) in [6.45, 7) is 0. The van der Waals surface area contributed by atoms with Gasteiger partial charge in [-0.15, -0.1) is 0 Å². The van der Waals surface area contributed by atoms with E-state index in [4.69, 9.17) is 0 Å². The summed E-state index contributed by atoms with van der Waals surface area (Å²) in [7, 11) is 0. The Hall–Kier alpha value is -1.89. The number of amides is 1. The van der Waals surface area contributed by atoms with Gasteiger partial charge < -0.3 is 5.32 Å². The van der Waals surface area contributed by atoms with Gasteiger partial charge in [0.15, 0.2) is 23.3 Å². The molecule has 0 fully saturated rings. The van der Waals surface area contributed by atoms with Gasteiger partial charge in [0.25, 0.3) is 5.91 Å². The van der Waals surface area contributed by atoms with E-state index in [1.165, 1.54) is 18.2 Å². The Labute approximate surface area is 119 Å². The first-order valence-electron chi connectivity index (χ1n) is 5.30. The summed E-state index contributed by atoms with van der Waals surface area (Å²) in [6.07, 6.45) is 0. The van der Waals surface area contributed by atoms with Gasteiger partial charge in [-0.05, 0) is 18.2 Å². The molecule has 1 amide bonds. The van der Waals surface area contributed by atoms with Crippen molar-refractivity contribution in [3.8, 4) is 0 Å². The molecule has 0 aliphatic rings. The smallest absolute Gasteiger partial charge is 0.255 e. The molecule has 0 saturated carbocycles. The molecule has 0 atom stereocenters. The van der Waals surface area contributed by atoms with Crippen molar-refractivity contribution in [3.63, 3.8) is 0 Å². The normalized spacial score (nSPS) is 10.4. The first kappa shape index (κ1) is 14.5. The first-order valence-corrected chi connectivity index (χ1v) is 6.09. The number of carbonyl (C=O) groups excluding carboxylic acids is 1. The Bertz CT molecular complexity index is 664. The van der Waals surface area contributed by atoms with Gasteiger partial charge in [-0.25, -0.2) is 17.6 Å². The fourth-order valence-electron chi connectivity index (χ4n) is 1.50. The molecule has 2 rings (SSSR count). The minimum Gasteiger partial charge on any atom is -0.317 e. The number of benzene rings is 2. The Morgan fingerprint density at radius 2 is 1.60 bits per heavy atom. The third-order valence-electron chi connectivity index (χ3n) is 2.44. The highest BCUT2D eigenvalue weighted by Gasteiger charge is 2.21. The predicted octanol–water partition coefficient (Wildman–Crippen LogP) is 4.26.